The molecule has 0 radical (unpaired) electrons. The molecule has 0 bridgehead atoms. The van der Waals surface area contributed by atoms with Gasteiger partial charge in [-0.1, -0.05) is 42.7 Å². The maximum absolute atomic E-state index is 5.97. The van der Waals surface area contributed by atoms with Crippen molar-refractivity contribution in [1.29, 1.82) is 0 Å². The van der Waals surface area contributed by atoms with E-state index in [-0.39, 0.29) is 29.9 Å². The number of piperazine rings is 1. The summed E-state index contributed by atoms with van der Waals surface area (Å²) in [6, 6.07) is 8.09. The number of hydrogen-bond donors (Lipinski definition) is 1. The van der Waals surface area contributed by atoms with Crippen molar-refractivity contribution in [2.24, 2.45) is 4.99 Å². The lowest BCUT2D eigenvalue weighted by atomic mass is 10.2. The zero-order valence-corrected chi connectivity index (χ0v) is 20.4. The van der Waals surface area contributed by atoms with E-state index in [4.69, 9.17) is 16.1 Å². The Bertz CT molecular complexity index is 772. The highest BCUT2D eigenvalue weighted by Gasteiger charge is 2.19. The van der Waals surface area contributed by atoms with Crippen molar-refractivity contribution in [3.63, 3.8) is 0 Å². The Kier molecular flexibility index (Phi) is 9.64. The fourth-order valence-corrected chi connectivity index (χ4v) is 3.31. The topological polar surface area (TPSA) is 69.8 Å². The molecule has 1 saturated heterocycles. The van der Waals surface area contributed by atoms with Gasteiger partial charge in [-0.3, -0.25) is 9.89 Å². The molecule has 2 heterocycles. The minimum Gasteiger partial charge on any atom is -0.356 e. The van der Waals surface area contributed by atoms with Gasteiger partial charge in [-0.2, -0.15) is 4.98 Å². The minimum absolute atomic E-state index is 0. The van der Waals surface area contributed by atoms with Crippen LogP contribution in [0.3, 0.4) is 0 Å². The summed E-state index contributed by atoms with van der Waals surface area (Å²) in [6.45, 7) is 9.69. The van der Waals surface area contributed by atoms with Crippen molar-refractivity contribution in [2.45, 2.75) is 32.7 Å². The Hall–Kier alpha value is -1.39. The predicted molar refractivity (Wildman–Crippen MR) is 127 cm³/mol. The van der Waals surface area contributed by atoms with Gasteiger partial charge in [0.25, 0.3) is 0 Å². The van der Waals surface area contributed by atoms with E-state index >= 15 is 0 Å². The molecule has 0 saturated carbocycles. The van der Waals surface area contributed by atoms with Gasteiger partial charge >= 0.3 is 0 Å². The highest BCUT2D eigenvalue weighted by atomic mass is 127. The van der Waals surface area contributed by atoms with Crippen LogP contribution in [0.2, 0.25) is 5.02 Å². The van der Waals surface area contributed by atoms with Gasteiger partial charge in [-0.15, -0.1) is 24.0 Å². The number of benzene rings is 1. The van der Waals surface area contributed by atoms with Crippen LogP contribution in [-0.2, 0) is 13.0 Å². The Morgan fingerprint density at radius 1 is 1.21 bits per heavy atom. The van der Waals surface area contributed by atoms with E-state index in [1.165, 1.54) is 5.56 Å². The van der Waals surface area contributed by atoms with E-state index in [0.717, 1.165) is 56.1 Å². The lowest BCUT2D eigenvalue weighted by Gasteiger charge is -2.36. The second-order valence-electron chi connectivity index (χ2n) is 7.31. The molecule has 9 heteroatoms. The van der Waals surface area contributed by atoms with Gasteiger partial charge in [0.1, 0.15) is 0 Å². The van der Waals surface area contributed by atoms with Crippen molar-refractivity contribution >= 4 is 41.5 Å². The highest BCUT2D eigenvalue weighted by Crippen LogP contribution is 2.13. The van der Waals surface area contributed by atoms with Gasteiger partial charge in [0.05, 0.1) is 0 Å². The van der Waals surface area contributed by atoms with Crippen LogP contribution in [0.5, 0.6) is 0 Å². The van der Waals surface area contributed by atoms with Gasteiger partial charge < -0.3 is 14.7 Å². The van der Waals surface area contributed by atoms with E-state index in [9.17, 15) is 0 Å². The third-order valence-electron chi connectivity index (χ3n) is 4.83. The summed E-state index contributed by atoms with van der Waals surface area (Å²) in [6.07, 6.45) is 0.690. The number of guanidine groups is 1. The standard InChI is InChI=1S/C20H29ClN6O.HI/c1-15(2)19-24-18(28-25-19)8-9-23-20(22-3)27-12-10-26(11-13-27)14-16-4-6-17(21)7-5-16;/h4-7,15H,8-14H2,1-3H3,(H,22,23);1H. The molecule has 1 N–H and O–H groups in total. The summed E-state index contributed by atoms with van der Waals surface area (Å²) in [5, 5.41) is 8.20. The van der Waals surface area contributed by atoms with Crippen LogP contribution in [0.15, 0.2) is 33.8 Å². The second kappa shape index (κ2) is 11.7. The van der Waals surface area contributed by atoms with Crippen LogP contribution in [0.4, 0.5) is 0 Å². The molecule has 1 aromatic heterocycles. The van der Waals surface area contributed by atoms with Crippen molar-refractivity contribution in [3.05, 3.63) is 46.6 Å². The number of aromatic nitrogens is 2. The summed E-state index contributed by atoms with van der Waals surface area (Å²) < 4.78 is 5.30. The monoisotopic (exact) mass is 532 g/mol. The third kappa shape index (κ3) is 7.11. The molecule has 3 rings (SSSR count). The maximum atomic E-state index is 5.97. The van der Waals surface area contributed by atoms with Crippen LogP contribution in [0.1, 0.15) is 37.0 Å². The average Bonchev–Trinajstić information content (AvgIpc) is 3.17. The van der Waals surface area contributed by atoms with Gasteiger partial charge in [-0.05, 0) is 17.7 Å². The van der Waals surface area contributed by atoms with E-state index in [1.807, 2.05) is 19.2 Å². The SMILES string of the molecule is CN=C(NCCc1nc(C(C)C)no1)N1CCN(Cc2ccc(Cl)cc2)CC1.I. The van der Waals surface area contributed by atoms with Gasteiger partial charge in [-0.25, -0.2) is 0 Å². The first-order chi connectivity index (χ1) is 13.5. The highest BCUT2D eigenvalue weighted by molar-refractivity contribution is 14.0. The van der Waals surface area contributed by atoms with Crippen LogP contribution >= 0.6 is 35.6 Å². The molecule has 7 nitrogen and oxygen atoms in total. The van der Waals surface area contributed by atoms with Crippen LogP contribution < -0.4 is 5.32 Å². The number of hydrogen-bond acceptors (Lipinski definition) is 5. The minimum atomic E-state index is 0. The molecule has 2 aromatic rings. The first-order valence-corrected chi connectivity index (χ1v) is 10.2. The number of nitrogens with zero attached hydrogens (tertiary/aromatic N) is 5. The molecule has 0 atom stereocenters. The molecule has 0 spiro atoms. The molecule has 0 amide bonds. The van der Waals surface area contributed by atoms with Gasteiger partial charge in [0, 0.05) is 63.7 Å². The number of nitrogens with one attached hydrogen (secondary N) is 1. The summed E-state index contributed by atoms with van der Waals surface area (Å²) in [7, 11) is 1.83. The van der Waals surface area contributed by atoms with Gasteiger partial charge in [0.2, 0.25) is 5.89 Å². The van der Waals surface area contributed by atoms with Crippen molar-refractivity contribution in [3.8, 4) is 0 Å². The molecule has 1 aliphatic rings. The van der Waals surface area contributed by atoms with Crippen LogP contribution in [0.25, 0.3) is 0 Å². The first kappa shape index (κ1) is 23.9. The van der Waals surface area contributed by atoms with Crippen LogP contribution in [-0.4, -0.2) is 65.7 Å². The summed E-state index contributed by atoms with van der Waals surface area (Å²) in [5.41, 5.74) is 1.29. The molecule has 1 aliphatic heterocycles. The largest absolute Gasteiger partial charge is 0.356 e. The zero-order chi connectivity index (χ0) is 19.9. The van der Waals surface area contributed by atoms with Crippen molar-refractivity contribution in [2.75, 3.05) is 39.8 Å². The molecular weight excluding hydrogens is 503 g/mol. The normalized spacial score (nSPS) is 15.5. The molecule has 29 heavy (non-hydrogen) atoms. The lowest BCUT2D eigenvalue weighted by molar-refractivity contribution is 0.172. The van der Waals surface area contributed by atoms with Crippen LogP contribution in [0, 0.1) is 0 Å². The summed E-state index contributed by atoms with van der Waals surface area (Å²) in [4.78, 5) is 13.6. The summed E-state index contributed by atoms with van der Waals surface area (Å²) >= 11 is 5.97. The molecule has 160 valence electrons. The second-order valence-corrected chi connectivity index (χ2v) is 7.75. The number of aliphatic imine (C=N–C) groups is 1. The quantitative estimate of drug-likeness (QED) is 0.349. The molecule has 0 unspecified atom stereocenters. The third-order valence-corrected chi connectivity index (χ3v) is 5.08. The number of rotatable bonds is 6. The molecule has 1 aromatic carbocycles. The van der Waals surface area contributed by atoms with Gasteiger partial charge in [0.15, 0.2) is 11.8 Å². The first-order valence-electron chi connectivity index (χ1n) is 9.80. The fraction of sp³-hybridized carbons (Fsp3) is 0.550. The lowest BCUT2D eigenvalue weighted by Crippen LogP contribution is -2.52. The molecule has 0 aliphatic carbocycles. The Labute approximate surface area is 194 Å². The average molecular weight is 533 g/mol. The van der Waals surface area contributed by atoms with E-state index in [0.29, 0.717) is 12.3 Å². The number of halogens is 2. The van der Waals surface area contributed by atoms with Crippen molar-refractivity contribution in [1.82, 2.24) is 25.3 Å². The Morgan fingerprint density at radius 3 is 2.48 bits per heavy atom. The van der Waals surface area contributed by atoms with E-state index < -0.39 is 0 Å². The molecule has 1 fully saturated rings. The summed E-state index contributed by atoms with van der Waals surface area (Å²) in [5.74, 6) is 2.63. The Morgan fingerprint density at radius 2 is 1.90 bits per heavy atom. The van der Waals surface area contributed by atoms with Crippen molar-refractivity contribution < 1.29 is 4.52 Å². The fourth-order valence-electron chi connectivity index (χ4n) is 3.18. The Balaban J connectivity index is 0.00000300. The molecular formula is C20H30ClIN6O. The smallest absolute Gasteiger partial charge is 0.228 e. The van der Waals surface area contributed by atoms with E-state index in [1.54, 1.807) is 0 Å². The maximum Gasteiger partial charge on any atom is 0.228 e. The zero-order valence-electron chi connectivity index (χ0n) is 17.3. The predicted octanol–water partition coefficient (Wildman–Crippen LogP) is 3.40. The van der Waals surface area contributed by atoms with E-state index in [2.05, 4.69) is 56.2 Å².